The minimum Gasteiger partial charge on any atom is -0.478 e. The first-order valence-corrected chi connectivity index (χ1v) is 4.37. The van der Waals surface area contributed by atoms with E-state index in [9.17, 15) is 4.79 Å². The molecule has 4 nitrogen and oxygen atoms in total. The molecule has 1 aliphatic heterocycles. The summed E-state index contributed by atoms with van der Waals surface area (Å²) in [5.41, 5.74) is 0.221. The first kappa shape index (κ1) is 10.2. The third-order valence-corrected chi connectivity index (χ3v) is 2.35. The average molecular weight is 185 g/mol. The monoisotopic (exact) mass is 185 g/mol. The van der Waals surface area contributed by atoms with Gasteiger partial charge in [0.2, 0.25) is 0 Å². The maximum atomic E-state index is 10.5. The number of nitrogens with zero attached hydrogens (tertiary/aromatic N) is 1. The Morgan fingerprint density at radius 2 is 2.31 bits per heavy atom. The van der Waals surface area contributed by atoms with Crippen LogP contribution in [-0.4, -0.2) is 47.3 Å². The van der Waals surface area contributed by atoms with Crippen LogP contribution in [0, 0.1) is 5.92 Å². The number of carboxylic acid groups (broad SMARTS) is 1. The first-order chi connectivity index (χ1) is 6.13. The third kappa shape index (κ3) is 2.82. The summed E-state index contributed by atoms with van der Waals surface area (Å²) >= 11 is 0. The minimum absolute atomic E-state index is 0.191. The van der Waals surface area contributed by atoms with Crippen LogP contribution in [0.4, 0.5) is 0 Å². The number of rotatable bonds is 4. The van der Waals surface area contributed by atoms with Crippen molar-refractivity contribution in [3.8, 4) is 0 Å². The fourth-order valence-electron chi connectivity index (χ4n) is 1.54. The highest BCUT2D eigenvalue weighted by Crippen LogP contribution is 2.15. The van der Waals surface area contributed by atoms with Crippen LogP contribution in [0.5, 0.6) is 0 Å². The summed E-state index contributed by atoms with van der Waals surface area (Å²) in [4.78, 5) is 12.5. The predicted molar refractivity (Wildman–Crippen MR) is 48.4 cm³/mol. The van der Waals surface area contributed by atoms with Crippen molar-refractivity contribution >= 4 is 5.97 Å². The summed E-state index contributed by atoms with van der Waals surface area (Å²) in [5.74, 6) is -0.631. The number of hydrogen-bond acceptors (Lipinski definition) is 3. The van der Waals surface area contributed by atoms with Gasteiger partial charge in [-0.1, -0.05) is 6.58 Å². The standard InChI is InChI=1S/C9H15NO3/c1-7(9(12)13)4-10-3-2-8(5-10)6-11/h8,11H,1-6H2,(H,12,13). The summed E-state index contributed by atoms with van der Waals surface area (Å²) in [6.07, 6.45) is 0.948. The molecule has 74 valence electrons. The van der Waals surface area contributed by atoms with Gasteiger partial charge >= 0.3 is 5.97 Å². The molecule has 0 bridgehead atoms. The Morgan fingerprint density at radius 1 is 1.62 bits per heavy atom. The van der Waals surface area contributed by atoms with Crippen molar-refractivity contribution in [2.24, 2.45) is 5.92 Å². The molecule has 0 spiro atoms. The number of aliphatic carboxylic acids is 1. The normalized spacial score (nSPS) is 23.3. The molecule has 13 heavy (non-hydrogen) atoms. The van der Waals surface area contributed by atoms with Gasteiger partial charge in [-0.3, -0.25) is 4.90 Å². The molecule has 0 aromatic heterocycles. The Hall–Kier alpha value is -0.870. The number of hydrogen-bond donors (Lipinski definition) is 2. The lowest BCUT2D eigenvalue weighted by atomic mass is 10.1. The highest BCUT2D eigenvalue weighted by molar-refractivity contribution is 5.86. The van der Waals surface area contributed by atoms with Gasteiger partial charge in [-0.15, -0.1) is 0 Å². The van der Waals surface area contributed by atoms with Crippen LogP contribution >= 0.6 is 0 Å². The summed E-state index contributed by atoms with van der Waals surface area (Å²) in [5, 5.41) is 17.5. The van der Waals surface area contributed by atoms with E-state index in [1.165, 1.54) is 0 Å². The van der Waals surface area contributed by atoms with E-state index in [4.69, 9.17) is 10.2 Å². The number of aliphatic hydroxyl groups excluding tert-OH is 1. The molecule has 0 aromatic carbocycles. The Balaban J connectivity index is 2.32. The fraction of sp³-hybridized carbons (Fsp3) is 0.667. The molecular weight excluding hydrogens is 170 g/mol. The van der Waals surface area contributed by atoms with E-state index in [1.807, 2.05) is 4.90 Å². The van der Waals surface area contributed by atoms with Gasteiger partial charge in [-0.2, -0.15) is 0 Å². The Morgan fingerprint density at radius 3 is 2.77 bits per heavy atom. The molecule has 1 fully saturated rings. The number of aliphatic hydroxyl groups is 1. The summed E-state index contributed by atoms with van der Waals surface area (Å²) in [6, 6.07) is 0. The number of carbonyl (C=O) groups is 1. The van der Waals surface area contributed by atoms with Gasteiger partial charge in [-0.25, -0.2) is 4.79 Å². The van der Waals surface area contributed by atoms with Gasteiger partial charge in [0.05, 0.1) is 0 Å². The first-order valence-electron chi connectivity index (χ1n) is 4.37. The van der Waals surface area contributed by atoms with E-state index in [-0.39, 0.29) is 12.2 Å². The molecule has 0 aliphatic carbocycles. The topological polar surface area (TPSA) is 60.8 Å². The molecule has 0 saturated carbocycles. The molecule has 0 radical (unpaired) electrons. The van der Waals surface area contributed by atoms with Crippen molar-refractivity contribution in [1.82, 2.24) is 4.90 Å². The quantitative estimate of drug-likeness (QED) is 0.602. The Bertz CT molecular complexity index is 215. The zero-order chi connectivity index (χ0) is 9.84. The Labute approximate surface area is 77.5 Å². The number of carboxylic acids is 1. The molecule has 4 heteroatoms. The molecular formula is C9H15NO3. The predicted octanol–water partition coefficient (Wildman–Crippen LogP) is -0.0586. The zero-order valence-corrected chi connectivity index (χ0v) is 7.57. The van der Waals surface area contributed by atoms with Gasteiger partial charge in [0.1, 0.15) is 0 Å². The molecule has 1 heterocycles. The van der Waals surface area contributed by atoms with Gasteiger partial charge in [0, 0.05) is 25.3 Å². The van der Waals surface area contributed by atoms with Crippen molar-refractivity contribution in [3.63, 3.8) is 0 Å². The lowest BCUT2D eigenvalue weighted by Crippen LogP contribution is -2.26. The molecule has 1 rings (SSSR count). The van der Waals surface area contributed by atoms with Crippen molar-refractivity contribution in [2.45, 2.75) is 6.42 Å². The lowest BCUT2D eigenvalue weighted by molar-refractivity contribution is -0.132. The molecule has 0 amide bonds. The van der Waals surface area contributed by atoms with Crippen LogP contribution in [-0.2, 0) is 4.79 Å². The van der Waals surface area contributed by atoms with Crippen molar-refractivity contribution in [3.05, 3.63) is 12.2 Å². The average Bonchev–Trinajstić information content (AvgIpc) is 2.52. The molecule has 1 unspecified atom stereocenters. The van der Waals surface area contributed by atoms with Crippen LogP contribution in [0.3, 0.4) is 0 Å². The van der Waals surface area contributed by atoms with E-state index in [0.29, 0.717) is 12.5 Å². The number of likely N-dealkylation sites (tertiary alicyclic amines) is 1. The fourth-order valence-corrected chi connectivity index (χ4v) is 1.54. The molecule has 2 N–H and O–H groups in total. The molecule has 1 aliphatic rings. The summed E-state index contributed by atoms with van der Waals surface area (Å²) in [6.45, 7) is 5.70. The van der Waals surface area contributed by atoms with Crippen molar-refractivity contribution in [2.75, 3.05) is 26.2 Å². The maximum absolute atomic E-state index is 10.5. The van der Waals surface area contributed by atoms with Gasteiger partial charge in [0.15, 0.2) is 0 Å². The lowest BCUT2D eigenvalue weighted by Gasteiger charge is -2.14. The summed E-state index contributed by atoms with van der Waals surface area (Å²) in [7, 11) is 0. The smallest absolute Gasteiger partial charge is 0.332 e. The van der Waals surface area contributed by atoms with Crippen LogP contribution < -0.4 is 0 Å². The van der Waals surface area contributed by atoms with Crippen LogP contribution in [0.15, 0.2) is 12.2 Å². The van der Waals surface area contributed by atoms with E-state index < -0.39 is 5.97 Å². The second kappa shape index (κ2) is 4.39. The van der Waals surface area contributed by atoms with Gasteiger partial charge in [0.25, 0.3) is 0 Å². The van der Waals surface area contributed by atoms with E-state index in [2.05, 4.69) is 6.58 Å². The third-order valence-electron chi connectivity index (χ3n) is 2.35. The van der Waals surface area contributed by atoms with Crippen LogP contribution in [0.2, 0.25) is 0 Å². The Kier molecular flexibility index (Phi) is 3.45. The van der Waals surface area contributed by atoms with Crippen molar-refractivity contribution in [1.29, 1.82) is 0 Å². The molecule has 1 atom stereocenters. The summed E-state index contributed by atoms with van der Waals surface area (Å²) < 4.78 is 0. The molecule has 0 aromatic rings. The second-order valence-electron chi connectivity index (χ2n) is 3.48. The van der Waals surface area contributed by atoms with E-state index in [0.717, 1.165) is 19.5 Å². The van der Waals surface area contributed by atoms with Crippen LogP contribution in [0.25, 0.3) is 0 Å². The van der Waals surface area contributed by atoms with Gasteiger partial charge < -0.3 is 10.2 Å². The second-order valence-corrected chi connectivity index (χ2v) is 3.48. The highest BCUT2D eigenvalue weighted by Gasteiger charge is 2.22. The van der Waals surface area contributed by atoms with Crippen molar-refractivity contribution < 1.29 is 15.0 Å². The SMILES string of the molecule is C=C(CN1CCC(CO)C1)C(=O)O. The van der Waals surface area contributed by atoms with E-state index >= 15 is 0 Å². The minimum atomic E-state index is -0.938. The van der Waals surface area contributed by atoms with Gasteiger partial charge in [-0.05, 0) is 18.9 Å². The van der Waals surface area contributed by atoms with E-state index in [1.54, 1.807) is 0 Å². The highest BCUT2D eigenvalue weighted by atomic mass is 16.4. The van der Waals surface area contributed by atoms with Crippen LogP contribution in [0.1, 0.15) is 6.42 Å². The largest absolute Gasteiger partial charge is 0.478 e. The maximum Gasteiger partial charge on any atom is 0.332 e. The zero-order valence-electron chi connectivity index (χ0n) is 7.57. The molecule has 1 saturated heterocycles.